The van der Waals surface area contributed by atoms with E-state index in [0.717, 1.165) is 19.0 Å². The molecule has 18 heavy (non-hydrogen) atoms. The number of rotatable bonds is 6. The molecule has 5 nitrogen and oxygen atoms in total. The zero-order valence-corrected chi connectivity index (χ0v) is 11.3. The molecule has 1 aromatic heterocycles. The van der Waals surface area contributed by atoms with Crippen LogP contribution in [0.25, 0.3) is 0 Å². The number of hydrogen-bond acceptors (Lipinski definition) is 3. The summed E-state index contributed by atoms with van der Waals surface area (Å²) < 4.78 is 5.14. The molecule has 1 heterocycles. The van der Waals surface area contributed by atoms with Gasteiger partial charge in [-0.1, -0.05) is 13.8 Å². The molecule has 1 atom stereocenters. The van der Waals surface area contributed by atoms with Crippen molar-refractivity contribution in [1.29, 1.82) is 0 Å². The number of nitrogens with zero attached hydrogens (tertiary/aromatic N) is 1. The zero-order valence-electron chi connectivity index (χ0n) is 11.3. The Morgan fingerprint density at radius 3 is 2.78 bits per heavy atom. The van der Waals surface area contributed by atoms with Gasteiger partial charge in [0, 0.05) is 13.1 Å². The quantitative estimate of drug-likeness (QED) is 0.531. The maximum Gasteiger partial charge on any atom is 0.191 e. The van der Waals surface area contributed by atoms with E-state index in [-0.39, 0.29) is 0 Å². The molecule has 0 saturated heterocycles. The van der Waals surface area contributed by atoms with Crippen LogP contribution < -0.4 is 10.6 Å². The Labute approximate surface area is 108 Å². The van der Waals surface area contributed by atoms with Crippen LogP contribution in [0.2, 0.25) is 0 Å². The minimum absolute atomic E-state index is 0.372. The number of aliphatic imine (C=N–C) groups is 1. The summed E-state index contributed by atoms with van der Waals surface area (Å²) in [5.74, 6) is 1.79. The van der Waals surface area contributed by atoms with Gasteiger partial charge in [0.1, 0.15) is 11.9 Å². The van der Waals surface area contributed by atoms with Crippen LogP contribution in [0, 0.1) is 5.92 Å². The van der Waals surface area contributed by atoms with E-state index in [0.29, 0.717) is 18.2 Å². The van der Waals surface area contributed by atoms with Crippen molar-refractivity contribution in [1.82, 2.24) is 10.6 Å². The number of nitrogens with one attached hydrogen (secondary N) is 2. The van der Waals surface area contributed by atoms with Crippen LogP contribution in [0.4, 0.5) is 0 Å². The molecule has 0 bridgehead atoms. The van der Waals surface area contributed by atoms with Crippen LogP contribution in [0.1, 0.15) is 32.6 Å². The number of furan rings is 1. The molecular formula is C13H23N3O2. The average molecular weight is 253 g/mol. The first-order valence-electron chi connectivity index (χ1n) is 6.37. The second-order valence-electron chi connectivity index (χ2n) is 4.53. The molecule has 1 unspecified atom stereocenters. The lowest BCUT2D eigenvalue weighted by atomic mass is 10.2. The third-order valence-electron chi connectivity index (χ3n) is 2.29. The minimum Gasteiger partial charge on any atom is -0.467 e. The SMILES string of the molecule is CCNC(=NCC(C)C)NCC(O)c1ccco1. The van der Waals surface area contributed by atoms with Crippen molar-refractivity contribution in [2.75, 3.05) is 19.6 Å². The van der Waals surface area contributed by atoms with Gasteiger partial charge in [0.15, 0.2) is 5.96 Å². The lowest BCUT2D eigenvalue weighted by Gasteiger charge is -2.14. The molecule has 102 valence electrons. The van der Waals surface area contributed by atoms with Crippen LogP contribution in [0.5, 0.6) is 0 Å². The van der Waals surface area contributed by atoms with Crippen LogP contribution in [-0.2, 0) is 0 Å². The van der Waals surface area contributed by atoms with Crippen LogP contribution in [-0.4, -0.2) is 30.7 Å². The van der Waals surface area contributed by atoms with E-state index < -0.39 is 6.10 Å². The molecule has 0 spiro atoms. The van der Waals surface area contributed by atoms with E-state index in [1.807, 2.05) is 6.92 Å². The van der Waals surface area contributed by atoms with Crippen molar-refractivity contribution in [2.45, 2.75) is 26.9 Å². The molecule has 0 aromatic carbocycles. The summed E-state index contributed by atoms with van der Waals surface area (Å²) in [4.78, 5) is 4.42. The number of guanidine groups is 1. The van der Waals surface area contributed by atoms with Crippen LogP contribution >= 0.6 is 0 Å². The van der Waals surface area contributed by atoms with E-state index in [1.165, 1.54) is 0 Å². The van der Waals surface area contributed by atoms with Gasteiger partial charge in [-0.15, -0.1) is 0 Å². The Balaban J connectivity index is 2.44. The molecule has 0 amide bonds. The van der Waals surface area contributed by atoms with Crippen molar-refractivity contribution < 1.29 is 9.52 Å². The molecule has 0 aliphatic rings. The van der Waals surface area contributed by atoms with Gasteiger partial charge in [-0.3, -0.25) is 4.99 Å². The largest absolute Gasteiger partial charge is 0.467 e. The Bertz CT molecular complexity index is 347. The predicted molar refractivity (Wildman–Crippen MR) is 72.5 cm³/mol. The van der Waals surface area contributed by atoms with E-state index in [9.17, 15) is 5.11 Å². The van der Waals surface area contributed by atoms with Crippen molar-refractivity contribution in [3.8, 4) is 0 Å². The van der Waals surface area contributed by atoms with Gasteiger partial charge in [0.05, 0.1) is 12.8 Å². The van der Waals surface area contributed by atoms with Gasteiger partial charge in [-0.2, -0.15) is 0 Å². The fourth-order valence-electron chi connectivity index (χ4n) is 1.39. The highest BCUT2D eigenvalue weighted by Gasteiger charge is 2.10. The number of hydrogen-bond donors (Lipinski definition) is 3. The fraction of sp³-hybridized carbons (Fsp3) is 0.615. The second-order valence-corrected chi connectivity index (χ2v) is 4.53. The highest BCUT2D eigenvalue weighted by Crippen LogP contribution is 2.11. The minimum atomic E-state index is -0.664. The topological polar surface area (TPSA) is 69.8 Å². The van der Waals surface area contributed by atoms with Crippen LogP contribution in [0.3, 0.4) is 0 Å². The summed E-state index contributed by atoms with van der Waals surface area (Å²) in [6.45, 7) is 8.16. The standard InChI is InChI=1S/C13H23N3O2/c1-4-14-13(15-8-10(2)3)16-9-11(17)12-6-5-7-18-12/h5-7,10-11,17H,4,8-9H2,1-3H3,(H2,14,15,16). The third kappa shape index (κ3) is 5.23. The Kier molecular flexibility index (Phi) is 6.28. The van der Waals surface area contributed by atoms with E-state index in [4.69, 9.17) is 4.42 Å². The van der Waals surface area contributed by atoms with E-state index in [1.54, 1.807) is 18.4 Å². The first-order chi connectivity index (χ1) is 8.63. The molecule has 0 aliphatic carbocycles. The lowest BCUT2D eigenvalue weighted by Crippen LogP contribution is -2.39. The summed E-state index contributed by atoms with van der Waals surface area (Å²) in [7, 11) is 0. The van der Waals surface area contributed by atoms with E-state index in [2.05, 4.69) is 29.5 Å². The highest BCUT2D eigenvalue weighted by molar-refractivity contribution is 5.79. The molecule has 1 rings (SSSR count). The molecule has 0 fully saturated rings. The van der Waals surface area contributed by atoms with Gasteiger partial charge in [0.2, 0.25) is 0 Å². The monoisotopic (exact) mass is 253 g/mol. The van der Waals surface area contributed by atoms with E-state index >= 15 is 0 Å². The van der Waals surface area contributed by atoms with Gasteiger partial charge >= 0.3 is 0 Å². The van der Waals surface area contributed by atoms with Gasteiger partial charge in [-0.25, -0.2) is 0 Å². The molecule has 1 aromatic rings. The van der Waals surface area contributed by atoms with Crippen molar-refractivity contribution in [3.63, 3.8) is 0 Å². The molecule has 0 saturated carbocycles. The average Bonchev–Trinajstić information content (AvgIpc) is 2.86. The predicted octanol–water partition coefficient (Wildman–Crippen LogP) is 1.52. The second kappa shape index (κ2) is 7.76. The van der Waals surface area contributed by atoms with Gasteiger partial charge < -0.3 is 20.2 Å². The molecular weight excluding hydrogens is 230 g/mol. The van der Waals surface area contributed by atoms with Gasteiger partial charge in [-0.05, 0) is 25.0 Å². The normalized spacial score (nSPS) is 13.7. The van der Waals surface area contributed by atoms with Crippen LogP contribution in [0.15, 0.2) is 27.8 Å². The lowest BCUT2D eigenvalue weighted by molar-refractivity contribution is 0.153. The molecule has 3 N–H and O–H groups in total. The number of aliphatic hydroxyl groups is 1. The van der Waals surface area contributed by atoms with Crippen molar-refractivity contribution in [2.24, 2.45) is 10.9 Å². The molecule has 5 heteroatoms. The Morgan fingerprint density at radius 2 is 2.22 bits per heavy atom. The summed E-state index contributed by atoms with van der Waals surface area (Å²) in [5, 5.41) is 16.1. The first-order valence-corrected chi connectivity index (χ1v) is 6.37. The summed E-state index contributed by atoms with van der Waals surface area (Å²) >= 11 is 0. The maximum atomic E-state index is 9.86. The summed E-state index contributed by atoms with van der Waals surface area (Å²) in [5.41, 5.74) is 0. The Morgan fingerprint density at radius 1 is 1.44 bits per heavy atom. The van der Waals surface area contributed by atoms with Crippen molar-refractivity contribution >= 4 is 5.96 Å². The number of aliphatic hydroxyl groups excluding tert-OH is 1. The van der Waals surface area contributed by atoms with Gasteiger partial charge in [0.25, 0.3) is 0 Å². The first kappa shape index (κ1) is 14.6. The smallest absolute Gasteiger partial charge is 0.191 e. The molecule has 0 aliphatic heterocycles. The zero-order chi connectivity index (χ0) is 13.4. The summed E-state index contributed by atoms with van der Waals surface area (Å²) in [6.07, 6.45) is 0.888. The molecule has 0 radical (unpaired) electrons. The maximum absolute atomic E-state index is 9.86. The highest BCUT2D eigenvalue weighted by atomic mass is 16.4. The summed E-state index contributed by atoms with van der Waals surface area (Å²) in [6, 6.07) is 3.52. The third-order valence-corrected chi connectivity index (χ3v) is 2.29. The fourth-order valence-corrected chi connectivity index (χ4v) is 1.39. The van der Waals surface area contributed by atoms with Crippen molar-refractivity contribution in [3.05, 3.63) is 24.2 Å². The Hall–Kier alpha value is -1.49.